The molecule has 1 spiro atoms. The molecular weight excluding hydrogens is 316 g/mol. The molecule has 1 amide bonds. The summed E-state index contributed by atoms with van der Waals surface area (Å²) in [5, 5.41) is 7.46. The quantitative estimate of drug-likeness (QED) is 0.848. The molecule has 25 heavy (non-hydrogen) atoms. The second kappa shape index (κ2) is 6.40. The number of ether oxygens (including phenoxy) is 1. The highest BCUT2D eigenvalue weighted by Gasteiger charge is 2.40. The molecule has 138 valence electrons. The Labute approximate surface area is 149 Å². The first kappa shape index (κ1) is 17.0. The van der Waals surface area contributed by atoms with Crippen LogP contribution in [0.15, 0.2) is 0 Å². The molecule has 4 heterocycles. The zero-order valence-corrected chi connectivity index (χ0v) is 15.7. The van der Waals surface area contributed by atoms with Gasteiger partial charge in [-0.2, -0.15) is 5.10 Å². The average Bonchev–Trinajstić information content (AvgIpc) is 3.01. The third-order valence-electron chi connectivity index (χ3n) is 6.43. The lowest BCUT2D eigenvalue weighted by Crippen LogP contribution is -2.50. The van der Waals surface area contributed by atoms with Crippen LogP contribution in [-0.2, 0) is 11.2 Å². The van der Waals surface area contributed by atoms with Gasteiger partial charge in [0.2, 0.25) is 0 Å². The van der Waals surface area contributed by atoms with Crippen molar-refractivity contribution in [2.45, 2.75) is 58.2 Å². The number of carbonyl (C=O) groups is 1. The van der Waals surface area contributed by atoms with E-state index in [0.29, 0.717) is 11.1 Å². The van der Waals surface area contributed by atoms with Crippen LogP contribution < -0.4 is 0 Å². The van der Waals surface area contributed by atoms with E-state index in [4.69, 9.17) is 4.74 Å². The van der Waals surface area contributed by atoms with Crippen molar-refractivity contribution in [3.05, 3.63) is 17.0 Å². The lowest BCUT2D eigenvalue weighted by molar-refractivity contribution is -0.00714. The minimum absolute atomic E-state index is 0.0191. The summed E-state index contributed by atoms with van der Waals surface area (Å²) in [4.78, 5) is 17.7. The number of nitrogens with one attached hydrogen (secondary N) is 1. The third kappa shape index (κ3) is 3.10. The number of amides is 1. The number of piperidine rings is 2. The number of aromatic nitrogens is 2. The first-order valence-electron chi connectivity index (χ1n) is 9.68. The lowest BCUT2D eigenvalue weighted by Gasteiger charge is -2.47. The standard InChI is InChI=1S/C19H30N4O2/c1-13-11-15-16(14(2)25-13)20-21-17(15)18(24)23-8-4-5-19(12-23)6-9-22(3)10-7-19/h13-14H,4-12H2,1-3H3,(H,20,21)/t13-,14+/m1/s1. The maximum atomic E-state index is 13.2. The van der Waals surface area contributed by atoms with Crippen molar-refractivity contribution in [2.75, 3.05) is 33.2 Å². The molecule has 1 aromatic heterocycles. The SMILES string of the molecule is C[C@@H]1Cc2c(C(=O)N3CCCC4(CCN(C)CC4)C3)n[nH]c2[C@H](C)O1. The Morgan fingerprint density at radius 3 is 2.76 bits per heavy atom. The molecule has 2 atom stereocenters. The molecule has 0 aromatic carbocycles. The Hall–Kier alpha value is -1.40. The molecule has 0 unspecified atom stereocenters. The highest BCUT2D eigenvalue weighted by Crippen LogP contribution is 2.40. The maximum absolute atomic E-state index is 13.2. The van der Waals surface area contributed by atoms with Crippen molar-refractivity contribution in [3.8, 4) is 0 Å². The highest BCUT2D eigenvalue weighted by molar-refractivity contribution is 5.94. The van der Waals surface area contributed by atoms with E-state index in [1.165, 1.54) is 19.3 Å². The van der Waals surface area contributed by atoms with Crippen molar-refractivity contribution in [2.24, 2.45) is 5.41 Å². The summed E-state index contributed by atoms with van der Waals surface area (Å²) < 4.78 is 5.85. The molecule has 2 saturated heterocycles. The number of carbonyl (C=O) groups excluding carboxylic acids is 1. The first-order valence-corrected chi connectivity index (χ1v) is 9.68. The molecule has 4 rings (SSSR count). The van der Waals surface area contributed by atoms with Crippen LogP contribution in [0.1, 0.15) is 67.4 Å². The molecule has 3 aliphatic heterocycles. The molecule has 6 heteroatoms. The molecule has 1 aromatic rings. The highest BCUT2D eigenvalue weighted by atomic mass is 16.5. The second-order valence-corrected chi connectivity index (χ2v) is 8.39. The topological polar surface area (TPSA) is 61.5 Å². The van der Waals surface area contributed by atoms with E-state index in [1.807, 2.05) is 6.92 Å². The van der Waals surface area contributed by atoms with Crippen LogP contribution in [0.2, 0.25) is 0 Å². The van der Waals surface area contributed by atoms with E-state index < -0.39 is 0 Å². The molecule has 6 nitrogen and oxygen atoms in total. The Morgan fingerprint density at radius 1 is 1.24 bits per heavy atom. The van der Waals surface area contributed by atoms with E-state index in [9.17, 15) is 4.79 Å². The van der Waals surface area contributed by atoms with Crippen molar-refractivity contribution in [3.63, 3.8) is 0 Å². The Kier molecular flexibility index (Phi) is 4.36. The lowest BCUT2D eigenvalue weighted by atomic mass is 9.72. The zero-order chi connectivity index (χ0) is 17.6. The van der Waals surface area contributed by atoms with Gasteiger partial charge in [0.25, 0.3) is 5.91 Å². The fourth-order valence-electron chi connectivity index (χ4n) is 4.88. The number of H-pyrrole nitrogens is 1. The molecule has 2 fully saturated rings. The fourth-order valence-corrected chi connectivity index (χ4v) is 4.88. The predicted molar refractivity (Wildman–Crippen MR) is 95.6 cm³/mol. The summed E-state index contributed by atoms with van der Waals surface area (Å²) >= 11 is 0. The monoisotopic (exact) mass is 346 g/mol. The van der Waals surface area contributed by atoms with E-state index >= 15 is 0 Å². The van der Waals surface area contributed by atoms with Gasteiger partial charge in [-0.15, -0.1) is 0 Å². The Bertz CT molecular complexity index is 648. The molecule has 0 bridgehead atoms. The smallest absolute Gasteiger partial charge is 0.274 e. The van der Waals surface area contributed by atoms with Gasteiger partial charge in [0.05, 0.1) is 17.9 Å². The summed E-state index contributed by atoms with van der Waals surface area (Å²) in [6, 6.07) is 0. The van der Waals surface area contributed by atoms with Crippen LogP contribution >= 0.6 is 0 Å². The van der Waals surface area contributed by atoms with Crippen LogP contribution in [0.4, 0.5) is 0 Å². The average molecular weight is 346 g/mol. The van der Waals surface area contributed by atoms with Crippen LogP contribution in [-0.4, -0.2) is 65.2 Å². The minimum atomic E-state index is -0.0191. The number of nitrogens with zero attached hydrogens (tertiary/aromatic N) is 3. The van der Waals surface area contributed by atoms with Crippen LogP contribution in [0.5, 0.6) is 0 Å². The van der Waals surface area contributed by atoms with Gasteiger partial charge in [-0.05, 0) is 65.1 Å². The van der Waals surface area contributed by atoms with Crippen LogP contribution in [0, 0.1) is 5.41 Å². The molecule has 0 radical (unpaired) electrons. The van der Waals surface area contributed by atoms with Gasteiger partial charge < -0.3 is 14.5 Å². The second-order valence-electron chi connectivity index (χ2n) is 8.39. The largest absolute Gasteiger partial charge is 0.369 e. The number of aromatic amines is 1. The maximum Gasteiger partial charge on any atom is 0.274 e. The van der Waals surface area contributed by atoms with Gasteiger partial charge in [0.1, 0.15) is 0 Å². The van der Waals surface area contributed by atoms with Gasteiger partial charge in [-0.3, -0.25) is 9.89 Å². The molecule has 1 N–H and O–H groups in total. The van der Waals surface area contributed by atoms with E-state index in [0.717, 1.165) is 50.3 Å². The minimum Gasteiger partial charge on any atom is -0.369 e. The summed E-state index contributed by atoms with van der Waals surface area (Å²) in [6.07, 6.45) is 5.65. The Balaban J connectivity index is 1.53. The van der Waals surface area contributed by atoms with Crippen molar-refractivity contribution < 1.29 is 9.53 Å². The summed E-state index contributed by atoms with van der Waals surface area (Å²) in [6.45, 7) is 8.13. The summed E-state index contributed by atoms with van der Waals surface area (Å²) in [5.74, 6) is 0.108. The van der Waals surface area contributed by atoms with Crippen molar-refractivity contribution in [1.82, 2.24) is 20.0 Å². The third-order valence-corrected chi connectivity index (χ3v) is 6.43. The number of hydrogen-bond acceptors (Lipinski definition) is 4. The van der Waals surface area contributed by atoms with Crippen LogP contribution in [0.25, 0.3) is 0 Å². The van der Waals surface area contributed by atoms with Crippen molar-refractivity contribution >= 4 is 5.91 Å². The van der Waals surface area contributed by atoms with Gasteiger partial charge >= 0.3 is 0 Å². The zero-order valence-electron chi connectivity index (χ0n) is 15.7. The summed E-state index contributed by atoms with van der Waals surface area (Å²) in [5.41, 5.74) is 2.99. The molecule has 3 aliphatic rings. The van der Waals surface area contributed by atoms with Crippen molar-refractivity contribution in [1.29, 1.82) is 0 Å². The normalized spacial score (nSPS) is 29.6. The molecular formula is C19H30N4O2. The number of hydrogen-bond donors (Lipinski definition) is 1. The molecule has 0 saturated carbocycles. The van der Waals surface area contributed by atoms with Gasteiger partial charge in [0, 0.05) is 25.1 Å². The first-order chi connectivity index (χ1) is 12.0. The van der Waals surface area contributed by atoms with Crippen LogP contribution in [0.3, 0.4) is 0 Å². The van der Waals surface area contributed by atoms with E-state index in [-0.39, 0.29) is 18.1 Å². The number of fused-ring (bicyclic) bond motifs is 1. The van der Waals surface area contributed by atoms with Gasteiger partial charge in [-0.1, -0.05) is 0 Å². The van der Waals surface area contributed by atoms with Gasteiger partial charge in [-0.25, -0.2) is 0 Å². The fraction of sp³-hybridized carbons (Fsp3) is 0.789. The number of rotatable bonds is 1. The Morgan fingerprint density at radius 2 is 2.00 bits per heavy atom. The predicted octanol–water partition coefficient (Wildman–Crippen LogP) is 2.38. The van der Waals surface area contributed by atoms with E-state index in [2.05, 4.69) is 34.0 Å². The van der Waals surface area contributed by atoms with Gasteiger partial charge in [0.15, 0.2) is 5.69 Å². The van der Waals surface area contributed by atoms with E-state index in [1.54, 1.807) is 0 Å². The number of likely N-dealkylation sites (tertiary alicyclic amines) is 2. The molecule has 0 aliphatic carbocycles. The summed E-state index contributed by atoms with van der Waals surface area (Å²) in [7, 11) is 2.19.